The number of hydrogen-bond acceptors (Lipinski definition) is 0. The van der Waals surface area contributed by atoms with Crippen LogP contribution in [0.15, 0.2) is 12.2 Å². The van der Waals surface area contributed by atoms with Gasteiger partial charge in [-0.15, -0.1) is 0 Å². The summed E-state index contributed by atoms with van der Waals surface area (Å²) in [6.45, 7) is 12.3. The Morgan fingerprint density at radius 3 is 2.59 bits per heavy atom. The van der Waals surface area contributed by atoms with Gasteiger partial charge in [0.2, 0.25) is 0 Å². The van der Waals surface area contributed by atoms with Crippen molar-refractivity contribution in [1.29, 1.82) is 0 Å². The van der Waals surface area contributed by atoms with Crippen LogP contribution in [0.5, 0.6) is 0 Å². The van der Waals surface area contributed by atoms with Crippen LogP contribution in [-0.4, -0.2) is 0 Å². The fourth-order valence-corrected chi connectivity index (χ4v) is 7.65. The molecule has 22 heavy (non-hydrogen) atoms. The Bertz CT molecular complexity index is 463. The van der Waals surface area contributed by atoms with E-state index in [-0.39, 0.29) is 0 Å². The Kier molecular flexibility index (Phi) is 3.55. The van der Waals surface area contributed by atoms with Crippen LogP contribution in [0.1, 0.15) is 85.0 Å². The van der Waals surface area contributed by atoms with Crippen LogP contribution in [0.2, 0.25) is 0 Å². The Labute approximate surface area is 138 Å². The third kappa shape index (κ3) is 2.01. The molecule has 0 aliphatic heterocycles. The zero-order valence-corrected chi connectivity index (χ0v) is 15.2. The molecule has 0 radical (unpaired) electrons. The third-order valence-electron chi connectivity index (χ3n) is 9.12. The second-order valence-corrected chi connectivity index (χ2v) is 9.99. The summed E-state index contributed by atoms with van der Waals surface area (Å²) in [6, 6.07) is 0. The lowest BCUT2D eigenvalue weighted by Crippen LogP contribution is -2.50. The first-order valence-electron chi connectivity index (χ1n) is 10.1. The summed E-state index contributed by atoms with van der Waals surface area (Å²) in [5.41, 5.74) is 2.76. The van der Waals surface area contributed by atoms with Crippen molar-refractivity contribution in [3.05, 3.63) is 12.2 Å². The molecule has 0 aromatic rings. The number of rotatable bonds is 0. The van der Waals surface area contributed by atoms with E-state index in [1.807, 2.05) is 0 Å². The zero-order valence-electron chi connectivity index (χ0n) is 15.2. The van der Waals surface area contributed by atoms with Crippen molar-refractivity contribution in [3.8, 4) is 0 Å². The summed E-state index contributed by atoms with van der Waals surface area (Å²) in [7, 11) is 0. The minimum absolute atomic E-state index is 0.502. The van der Waals surface area contributed by atoms with E-state index in [9.17, 15) is 0 Å². The Morgan fingerprint density at radius 2 is 1.77 bits per heavy atom. The first-order valence-corrected chi connectivity index (χ1v) is 10.1. The maximum absolute atomic E-state index is 4.47. The SMILES string of the molecule is C=C1CCC2C3CCC4CC(C)CCCC4(C)C3CCC12C. The highest BCUT2D eigenvalue weighted by atomic mass is 14.6. The van der Waals surface area contributed by atoms with E-state index in [1.54, 1.807) is 5.57 Å². The fraction of sp³-hybridized carbons (Fsp3) is 0.909. The number of allylic oxidation sites excluding steroid dienone is 1. The molecule has 124 valence electrons. The van der Waals surface area contributed by atoms with E-state index < -0.39 is 0 Å². The topological polar surface area (TPSA) is 0 Å². The van der Waals surface area contributed by atoms with E-state index in [0.29, 0.717) is 10.8 Å². The first-order chi connectivity index (χ1) is 10.4. The van der Waals surface area contributed by atoms with Gasteiger partial charge in [-0.3, -0.25) is 0 Å². The molecule has 4 aliphatic carbocycles. The molecule has 0 spiro atoms. The number of hydrogen-bond donors (Lipinski definition) is 0. The van der Waals surface area contributed by atoms with Gasteiger partial charge in [-0.25, -0.2) is 0 Å². The van der Waals surface area contributed by atoms with Crippen molar-refractivity contribution in [3.63, 3.8) is 0 Å². The fourth-order valence-electron chi connectivity index (χ4n) is 7.65. The van der Waals surface area contributed by atoms with Crippen LogP contribution < -0.4 is 0 Å². The molecular weight excluding hydrogens is 264 g/mol. The Morgan fingerprint density at radius 1 is 0.955 bits per heavy atom. The van der Waals surface area contributed by atoms with Gasteiger partial charge in [0.15, 0.2) is 0 Å². The van der Waals surface area contributed by atoms with Crippen LogP contribution >= 0.6 is 0 Å². The minimum Gasteiger partial charge on any atom is -0.0993 e. The molecule has 7 unspecified atom stereocenters. The maximum atomic E-state index is 4.47. The van der Waals surface area contributed by atoms with Gasteiger partial charge in [-0.05, 0) is 91.8 Å². The van der Waals surface area contributed by atoms with Crippen molar-refractivity contribution in [2.24, 2.45) is 40.4 Å². The minimum atomic E-state index is 0.502. The largest absolute Gasteiger partial charge is 0.0993 e. The molecule has 4 saturated carbocycles. The van der Waals surface area contributed by atoms with Crippen LogP contribution in [0, 0.1) is 40.4 Å². The van der Waals surface area contributed by atoms with Crippen molar-refractivity contribution < 1.29 is 0 Å². The number of fused-ring (bicyclic) bond motifs is 5. The Balaban J connectivity index is 1.64. The molecule has 4 fully saturated rings. The quantitative estimate of drug-likeness (QED) is 0.441. The highest BCUT2D eigenvalue weighted by Gasteiger charge is 2.57. The molecule has 0 heterocycles. The van der Waals surface area contributed by atoms with Crippen molar-refractivity contribution >= 4 is 0 Å². The third-order valence-corrected chi connectivity index (χ3v) is 9.12. The molecule has 4 rings (SSSR count). The molecule has 0 aromatic carbocycles. The van der Waals surface area contributed by atoms with Gasteiger partial charge in [0.05, 0.1) is 0 Å². The van der Waals surface area contributed by atoms with Crippen LogP contribution in [0.4, 0.5) is 0 Å². The predicted molar refractivity (Wildman–Crippen MR) is 94.6 cm³/mol. The van der Waals surface area contributed by atoms with Crippen molar-refractivity contribution in [2.75, 3.05) is 0 Å². The lowest BCUT2D eigenvalue weighted by atomic mass is 9.46. The second kappa shape index (κ2) is 5.12. The molecule has 0 saturated heterocycles. The summed E-state index contributed by atoms with van der Waals surface area (Å²) < 4.78 is 0. The molecule has 7 atom stereocenters. The lowest BCUT2D eigenvalue weighted by molar-refractivity contribution is -0.0843. The predicted octanol–water partition coefficient (Wildman–Crippen LogP) is 6.61. The smallest absolute Gasteiger partial charge is 0.00879 e. The molecule has 0 N–H and O–H groups in total. The Hall–Kier alpha value is -0.260. The summed E-state index contributed by atoms with van der Waals surface area (Å²) in [6.07, 6.45) is 14.8. The lowest BCUT2D eigenvalue weighted by Gasteiger charge is -2.58. The normalized spacial score (nSPS) is 55.0. The van der Waals surface area contributed by atoms with Crippen LogP contribution in [-0.2, 0) is 0 Å². The average molecular weight is 301 g/mol. The van der Waals surface area contributed by atoms with Crippen LogP contribution in [0.3, 0.4) is 0 Å². The monoisotopic (exact) mass is 300 g/mol. The van der Waals surface area contributed by atoms with Gasteiger partial charge in [0, 0.05) is 0 Å². The van der Waals surface area contributed by atoms with Gasteiger partial charge in [-0.1, -0.05) is 45.8 Å². The van der Waals surface area contributed by atoms with Crippen molar-refractivity contribution in [2.45, 2.75) is 85.0 Å². The zero-order chi connectivity index (χ0) is 15.5. The van der Waals surface area contributed by atoms with Gasteiger partial charge in [0.25, 0.3) is 0 Å². The summed E-state index contributed by atoms with van der Waals surface area (Å²) in [4.78, 5) is 0. The molecular formula is C22H36. The van der Waals surface area contributed by atoms with Crippen LogP contribution in [0.25, 0.3) is 0 Å². The van der Waals surface area contributed by atoms with E-state index in [2.05, 4.69) is 27.4 Å². The summed E-state index contributed by atoms with van der Waals surface area (Å²) in [5, 5.41) is 0. The molecule has 0 aromatic heterocycles. The average Bonchev–Trinajstić information content (AvgIpc) is 2.68. The van der Waals surface area contributed by atoms with Gasteiger partial charge in [-0.2, -0.15) is 0 Å². The van der Waals surface area contributed by atoms with E-state index in [1.165, 1.54) is 64.2 Å². The van der Waals surface area contributed by atoms with Gasteiger partial charge in [0.1, 0.15) is 0 Å². The molecule has 0 bridgehead atoms. The first kappa shape index (κ1) is 15.3. The molecule has 0 heteroatoms. The van der Waals surface area contributed by atoms with Crippen molar-refractivity contribution in [1.82, 2.24) is 0 Å². The maximum Gasteiger partial charge on any atom is -0.00879 e. The molecule has 0 amide bonds. The highest BCUT2D eigenvalue weighted by Crippen LogP contribution is 2.66. The summed E-state index contributed by atoms with van der Waals surface area (Å²) >= 11 is 0. The van der Waals surface area contributed by atoms with Gasteiger partial charge < -0.3 is 0 Å². The molecule has 4 aliphatic rings. The van der Waals surface area contributed by atoms with E-state index in [4.69, 9.17) is 0 Å². The molecule has 0 nitrogen and oxygen atoms in total. The second-order valence-electron chi connectivity index (χ2n) is 9.99. The summed E-state index contributed by atoms with van der Waals surface area (Å²) in [5.74, 6) is 5.02. The highest BCUT2D eigenvalue weighted by molar-refractivity contribution is 5.21. The van der Waals surface area contributed by atoms with E-state index >= 15 is 0 Å². The van der Waals surface area contributed by atoms with E-state index in [0.717, 1.165) is 29.6 Å². The standard InChI is InChI=1S/C22H36/c1-15-6-5-12-22(4)17(14-15)8-9-18-19-10-7-16(2)21(19,3)13-11-20(18)22/h15,17-20H,2,5-14H2,1,3-4H3. The van der Waals surface area contributed by atoms with Gasteiger partial charge >= 0.3 is 0 Å².